The molecule has 2 aromatic heterocycles. The van der Waals surface area contributed by atoms with Crippen molar-refractivity contribution >= 4 is 16.5 Å². The van der Waals surface area contributed by atoms with Gasteiger partial charge in [-0.2, -0.15) is 0 Å². The number of nitrogens with one attached hydrogen (secondary N) is 1. The fourth-order valence-corrected chi connectivity index (χ4v) is 3.53. The minimum absolute atomic E-state index is 0.820. The highest BCUT2D eigenvalue weighted by atomic mass is 15.0. The lowest BCUT2D eigenvalue weighted by molar-refractivity contribution is 0.615. The topological polar surface area (TPSA) is 29.9 Å². The minimum Gasteiger partial charge on any atom is -0.340 e. The molecule has 1 aromatic carbocycles. The maximum absolute atomic E-state index is 4.30. The highest BCUT2D eigenvalue weighted by molar-refractivity contribution is 5.87. The third-order valence-electron chi connectivity index (χ3n) is 4.70. The van der Waals surface area contributed by atoms with Gasteiger partial charge in [0.25, 0.3) is 0 Å². The predicted octanol–water partition coefficient (Wildman–Crippen LogP) is 3.70. The lowest BCUT2D eigenvalue weighted by Gasteiger charge is -2.18. The molecule has 116 valence electrons. The van der Waals surface area contributed by atoms with Gasteiger partial charge in [0.15, 0.2) is 0 Å². The van der Waals surface area contributed by atoms with Crippen LogP contribution < -0.4 is 5.32 Å². The van der Waals surface area contributed by atoms with Crippen molar-refractivity contribution < 1.29 is 0 Å². The second-order valence-electron chi connectivity index (χ2n) is 6.30. The zero-order valence-electron chi connectivity index (χ0n) is 13.5. The van der Waals surface area contributed by atoms with Crippen molar-refractivity contribution in [3.05, 3.63) is 71.7 Å². The van der Waals surface area contributed by atoms with Crippen LogP contribution >= 0.6 is 0 Å². The molecule has 0 saturated heterocycles. The summed E-state index contributed by atoms with van der Waals surface area (Å²) in [7, 11) is 0. The van der Waals surface area contributed by atoms with E-state index in [0.29, 0.717) is 0 Å². The highest BCUT2D eigenvalue weighted by Gasteiger charge is 2.20. The number of fused-ring (bicyclic) bond motifs is 3. The van der Waals surface area contributed by atoms with Crippen LogP contribution in [-0.4, -0.2) is 16.1 Å². The van der Waals surface area contributed by atoms with Gasteiger partial charge in [-0.3, -0.25) is 4.98 Å². The molecule has 0 saturated carbocycles. The molecular formula is C20H21N3. The monoisotopic (exact) mass is 303 g/mol. The van der Waals surface area contributed by atoms with E-state index < -0.39 is 0 Å². The summed E-state index contributed by atoms with van der Waals surface area (Å²) in [5.41, 5.74) is 7.76. The smallest absolute Gasteiger partial charge is 0.0489 e. The molecule has 3 heteroatoms. The van der Waals surface area contributed by atoms with Gasteiger partial charge in [0.2, 0.25) is 0 Å². The van der Waals surface area contributed by atoms with Crippen molar-refractivity contribution in [1.29, 1.82) is 0 Å². The van der Waals surface area contributed by atoms with Crippen LogP contribution in [0, 0.1) is 6.92 Å². The Balaban J connectivity index is 1.82. The van der Waals surface area contributed by atoms with E-state index in [1.165, 1.54) is 27.7 Å². The number of pyridine rings is 1. The fraction of sp³-hybridized carbons (Fsp3) is 0.250. The molecule has 3 heterocycles. The van der Waals surface area contributed by atoms with E-state index in [1.807, 2.05) is 12.3 Å². The van der Waals surface area contributed by atoms with Gasteiger partial charge in [-0.25, -0.2) is 0 Å². The van der Waals surface area contributed by atoms with Gasteiger partial charge in [0.05, 0.1) is 0 Å². The quantitative estimate of drug-likeness (QED) is 0.799. The summed E-state index contributed by atoms with van der Waals surface area (Å²) in [6.45, 7) is 9.28. The Morgan fingerprint density at radius 2 is 2.26 bits per heavy atom. The summed E-state index contributed by atoms with van der Waals surface area (Å²) < 4.78 is 2.44. The third kappa shape index (κ3) is 2.47. The molecule has 0 aliphatic carbocycles. The number of hydrogen-bond donors (Lipinski definition) is 1. The molecule has 1 N–H and O–H groups in total. The van der Waals surface area contributed by atoms with Gasteiger partial charge in [0.1, 0.15) is 0 Å². The van der Waals surface area contributed by atoms with Crippen LogP contribution in [-0.2, 0) is 19.5 Å². The summed E-state index contributed by atoms with van der Waals surface area (Å²) in [5.74, 6) is 0. The number of hydrogen-bond acceptors (Lipinski definition) is 2. The van der Waals surface area contributed by atoms with Crippen molar-refractivity contribution in [3.8, 4) is 0 Å². The largest absolute Gasteiger partial charge is 0.340 e. The first kappa shape index (κ1) is 14.2. The summed E-state index contributed by atoms with van der Waals surface area (Å²) in [6, 6.07) is 10.8. The molecule has 0 unspecified atom stereocenters. The molecule has 1 aliphatic rings. The predicted molar refractivity (Wildman–Crippen MR) is 95.4 cm³/mol. The molecule has 3 nitrogen and oxygen atoms in total. The molecule has 1 aliphatic heterocycles. The second kappa shape index (κ2) is 5.67. The second-order valence-corrected chi connectivity index (χ2v) is 6.30. The first-order chi connectivity index (χ1) is 11.2. The van der Waals surface area contributed by atoms with E-state index in [0.717, 1.165) is 37.2 Å². The standard InChI is InChI=1S/C20H21N3/c1-14-5-6-19-17(10-14)18-12-22-9-7-20(18)23(19)13-15(2)16-4-3-8-21-11-16/h3-6,8,10-11,22H,2,7,9,12-13H2,1H3. The summed E-state index contributed by atoms with van der Waals surface area (Å²) in [4.78, 5) is 4.22. The van der Waals surface area contributed by atoms with E-state index >= 15 is 0 Å². The Bertz CT molecular complexity index is 875. The molecule has 4 rings (SSSR count). The zero-order valence-corrected chi connectivity index (χ0v) is 13.5. The Labute approximate surface area is 136 Å². The van der Waals surface area contributed by atoms with Crippen molar-refractivity contribution in [2.24, 2.45) is 0 Å². The van der Waals surface area contributed by atoms with Crippen molar-refractivity contribution in [1.82, 2.24) is 14.9 Å². The van der Waals surface area contributed by atoms with Gasteiger partial charge >= 0.3 is 0 Å². The highest BCUT2D eigenvalue weighted by Crippen LogP contribution is 2.31. The molecular weight excluding hydrogens is 282 g/mol. The normalized spacial score (nSPS) is 14.0. The fourth-order valence-electron chi connectivity index (χ4n) is 3.53. The third-order valence-corrected chi connectivity index (χ3v) is 4.70. The van der Waals surface area contributed by atoms with E-state index in [1.54, 1.807) is 6.20 Å². The van der Waals surface area contributed by atoms with Crippen molar-refractivity contribution in [2.75, 3.05) is 6.54 Å². The Kier molecular flexibility index (Phi) is 3.50. The van der Waals surface area contributed by atoms with Gasteiger partial charge in [-0.05, 0) is 41.8 Å². The SMILES string of the molecule is C=C(Cn1c2c(c3cc(C)ccc31)CNCC2)c1cccnc1. The van der Waals surface area contributed by atoms with Crippen LogP contribution in [0.1, 0.15) is 22.4 Å². The van der Waals surface area contributed by atoms with Gasteiger partial charge in [-0.1, -0.05) is 24.3 Å². The van der Waals surface area contributed by atoms with Crippen molar-refractivity contribution in [2.45, 2.75) is 26.4 Å². The number of nitrogens with zero attached hydrogens (tertiary/aromatic N) is 2. The van der Waals surface area contributed by atoms with E-state index in [4.69, 9.17) is 0 Å². The summed E-state index contributed by atoms with van der Waals surface area (Å²) in [5, 5.41) is 4.89. The van der Waals surface area contributed by atoms with E-state index in [2.05, 4.69) is 52.6 Å². The molecule has 0 fully saturated rings. The number of allylic oxidation sites excluding steroid dienone is 1. The van der Waals surface area contributed by atoms with Gasteiger partial charge in [0, 0.05) is 55.0 Å². The molecule has 0 bridgehead atoms. The Morgan fingerprint density at radius 1 is 1.35 bits per heavy atom. The number of aromatic nitrogens is 2. The van der Waals surface area contributed by atoms with Crippen LogP contribution in [0.15, 0.2) is 49.3 Å². The first-order valence-electron chi connectivity index (χ1n) is 8.13. The van der Waals surface area contributed by atoms with Crippen LogP contribution in [0.3, 0.4) is 0 Å². The first-order valence-corrected chi connectivity index (χ1v) is 8.13. The molecule has 23 heavy (non-hydrogen) atoms. The van der Waals surface area contributed by atoms with Crippen molar-refractivity contribution in [3.63, 3.8) is 0 Å². The van der Waals surface area contributed by atoms with E-state index in [9.17, 15) is 0 Å². The summed E-state index contributed by atoms with van der Waals surface area (Å²) >= 11 is 0. The van der Waals surface area contributed by atoms with Gasteiger partial charge in [-0.15, -0.1) is 0 Å². The lowest BCUT2D eigenvalue weighted by atomic mass is 10.0. The average molecular weight is 303 g/mol. The molecule has 0 atom stereocenters. The number of rotatable bonds is 3. The Morgan fingerprint density at radius 3 is 3.09 bits per heavy atom. The minimum atomic E-state index is 0.820. The van der Waals surface area contributed by atoms with Crippen LogP contribution in [0.4, 0.5) is 0 Å². The maximum atomic E-state index is 4.30. The average Bonchev–Trinajstić information content (AvgIpc) is 2.89. The maximum Gasteiger partial charge on any atom is 0.0489 e. The van der Waals surface area contributed by atoms with Crippen LogP contribution in [0.25, 0.3) is 16.5 Å². The zero-order chi connectivity index (χ0) is 15.8. The van der Waals surface area contributed by atoms with Crippen LogP contribution in [0.5, 0.6) is 0 Å². The molecule has 0 spiro atoms. The Hall–Kier alpha value is -2.39. The number of benzene rings is 1. The van der Waals surface area contributed by atoms with Crippen LogP contribution in [0.2, 0.25) is 0 Å². The van der Waals surface area contributed by atoms with Gasteiger partial charge < -0.3 is 9.88 Å². The van der Waals surface area contributed by atoms with E-state index in [-0.39, 0.29) is 0 Å². The number of aryl methyl sites for hydroxylation is 1. The lowest BCUT2D eigenvalue weighted by Crippen LogP contribution is -2.24. The summed E-state index contributed by atoms with van der Waals surface area (Å²) in [6.07, 6.45) is 4.77. The molecule has 3 aromatic rings. The molecule has 0 radical (unpaired) electrons. The molecule has 0 amide bonds.